The van der Waals surface area contributed by atoms with Gasteiger partial charge in [0.15, 0.2) is 5.65 Å². The van der Waals surface area contributed by atoms with Crippen molar-refractivity contribution in [2.24, 2.45) is 7.05 Å². The number of hydrogen-bond acceptors (Lipinski definition) is 6. The van der Waals surface area contributed by atoms with E-state index in [0.717, 1.165) is 15.9 Å². The fourth-order valence-electron chi connectivity index (χ4n) is 3.99. The van der Waals surface area contributed by atoms with Crippen LogP contribution in [0.5, 0.6) is 0 Å². The average Bonchev–Trinajstić information content (AvgIpc) is 3.34. The number of amides is 1. The molecule has 0 saturated carbocycles. The molecule has 0 bridgehead atoms. The van der Waals surface area contributed by atoms with Gasteiger partial charge in [0.1, 0.15) is 23.5 Å². The van der Waals surface area contributed by atoms with Crippen molar-refractivity contribution >= 4 is 17.2 Å². The molecule has 1 saturated heterocycles. The molecule has 0 spiro atoms. The molecule has 0 radical (unpaired) electrons. The number of anilines is 1. The molecule has 4 aromatic rings. The van der Waals surface area contributed by atoms with E-state index in [-0.39, 0.29) is 16.8 Å². The Labute approximate surface area is 191 Å². The van der Waals surface area contributed by atoms with Crippen molar-refractivity contribution in [2.45, 2.75) is 24.9 Å². The molecule has 0 unspecified atom stereocenters. The van der Waals surface area contributed by atoms with E-state index in [1.165, 1.54) is 6.20 Å². The summed E-state index contributed by atoms with van der Waals surface area (Å²) in [6.07, 6.45) is -1.12. The Morgan fingerprint density at radius 2 is 2.06 bits per heavy atom. The Hall–Kier alpha value is -3.80. The van der Waals surface area contributed by atoms with E-state index >= 15 is 0 Å². The number of aromatic nitrogens is 6. The second-order valence-corrected chi connectivity index (χ2v) is 8.43. The largest absolute Gasteiger partial charge is 0.433 e. The van der Waals surface area contributed by atoms with Gasteiger partial charge in [-0.3, -0.25) is 4.79 Å². The van der Waals surface area contributed by atoms with Gasteiger partial charge in [0, 0.05) is 36.2 Å². The maximum Gasteiger partial charge on any atom is 0.433 e. The van der Waals surface area contributed by atoms with Crippen LogP contribution in [0.2, 0.25) is 0 Å². The van der Waals surface area contributed by atoms with Gasteiger partial charge in [0.05, 0.1) is 19.4 Å². The van der Waals surface area contributed by atoms with Crippen LogP contribution in [0.25, 0.3) is 5.65 Å². The highest BCUT2D eigenvalue weighted by Crippen LogP contribution is 2.36. The second-order valence-electron chi connectivity index (χ2n) is 8.43. The van der Waals surface area contributed by atoms with Crippen LogP contribution in [0.3, 0.4) is 0 Å². The summed E-state index contributed by atoms with van der Waals surface area (Å²) in [5, 5.41) is 14.8. The van der Waals surface area contributed by atoms with Gasteiger partial charge in [-0.1, -0.05) is 12.1 Å². The Morgan fingerprint density at radius 1 is 1.26 bits per heavy atom. The number of rotatable bonds is 5. The molecule has 4 heterocycles. The Kier molecular flexibility index (Phi) is 5.12. The number of benzene rings is 1. The SMILES string of the molecule is Cc1cnn2c(C(=O)Nc3cccc(C4(Cc5nncn5C)COC4)c3)cc(C(F)(F)F)nc12. The number of alkyl halides is 3. The van der Waals surface area contributed by atoms with E-state index in [4.69, 9.17) is 4.74 Å². The topological polar surface area (TPSA) is 99.2 Å². The Balaban J connectivity index is 1.46. The quantitative estimate of drug-likeness (QED) is 0.481. The lowest BCUT2D eigenvalue weighted by Gasteiger charge is -2.41. The lowest BCUT2D eigenvalue weighted by molar-refractivity contribution is -0.141. The highest BCUT2D eigenvalue weighted by Gasteiger charge is 2.42. The van der Waals surface area contributed by atoms with Crippen LogP contribution in [0.1, 0.15) is 33.1 Å². The van der Waals surface area contributed by atoms with Gasteiger partial charge in [-0.25, -0.2) is 9.50 Å². The summed E-state index contributed by atoms with van der Waals surface area (Å²) >= 11 is 0. The summed E-state index contributed by atoms with van der Waals surface area (Å²) in [4.78, 5) is 16.7. The molecule has 1 aliphatic heterocycles. The molecule has 3 aromatic heterocycles. The first-order valence-corrected chi connectivity index (χ1v) is 10.4. The molecule has 1 fully saturated rings. The molecule has 1 aromatic carbocycles. The van der Waals surface area contributed by atoms with Crippen molar-refractivity contribution in [3.8, 4) is 0 Å². The Bertz CT molecular complexity index is 1390. The van der Waals surface area contributed by atoms with E-state index in [1.807, 2.05) is 17.7 Å². The fourth-order valence-corrected chi connectivity index (χ4v) is 3.99. The summed E-state index contributed by atoms with van der Waals surface area (Å²) in [7, 11) is 1.86. The molecule has 1 N–H and O–H groups in total. The van der Waals surface area contributed by atoms with Crippen LogP contribution in [0, 0.1) is 6.92 Å². The molecule has 5 rings (SSSR count). The first-order chi connectivity index (χ1) is 16.2. The van der Waals surface area contributed by atoms with Crippen LogP contribution in [-0.2, 0) is 29.8 Å². The van der Waals surface area contributed by atoms with Gasteiger partial charge in [0.25, 0.3) is 5.91 Å². The van der Waals surface area contributed by atoms with Gasteiger partial charge in [-0.15, -0.1) is 10.2 Å². The van der Waals surface area contributed by atoms with Gasteiger partial charge in [-0.05, 0) is 24.6 Å². The molecule has 0 aliphatic carbocycles. The summed E-state index contributed by atoms with van der Waals surface area (Å²) < 4.78 is 48.6. The van der Waals surface area contributed by atoms with Crippen LogP contribution < -0.4 is 5.32 Å². The molecule has 12 heteroatoms. The molecule has 176 valence electrons. The minimum absolute atomic E-state index is 0.0250. The smallest absolute Gasteiger partial charge is 0.379 e. The van der Waals surface area contributed by atoms with Crippen molar-refractivity contribution in [1.29, 1.82) is 0 Å². The first-order valence-electron chi connectivity index (χ1n) is 10.4. The fraction of sp³-hybridized carbons (Fsp3) is 0.318. The predicted octanol–water partition coefficient (Wildman–Crippen LogP) is 2.95. The zero-order valence-electron chi connectivity index (χ0n) is 18.3. The number of nitrogens with one attached hydrogen (secondary N) is 1. The van der Waals surface area contributed by atoms with Gasteiger partial charge < -0.3 is 14.6 Å². The van der Waals surface area contributed by atoms with Crippen molar-refractivity contribution in [2.75, 3.05) is 18.5 Å². The molecule has 1 amide bonds. The number of nitrogens with zero attached hydrogens (tertiary/aromatic N) is 6. The molecule has 34 heavy (non-hydrogen) atoms. The number of fused-ring (bicyclic) bond motifs is 1. The van der Waals surface area contributed by atoms with Crippen LogP contribution in [-0.4, -0.2) is 48.5 Å². The molecular weight excluding hydrogens is 451 g/mol. The first kappa shape index (κ1) is 22.0. The van der Waals surface area contributed by atoms with Crippen LogP contribution in [0.15, 0.2) is 42.9 Å². The molecule has 1 aliphatic rings. The zero-order valence-corrected chi connectivity index (χ0v) is 18.3. The van der Waals surface area contributed by atoms with E-state index in [9.17, 15) is 18.0 Å². The van der Waals surface area contributed by atoms with E-state index in [1.54, 1.807) is 31.5 Å². The standard InChI is InChI=1S/C22H20F3N7O2/c1-13-9-27-32-16(7-17(22(23,24)25)29-19(13)32)20(33)28-15-5-3-4-14(6-15)21(10-34-11-21)8-18-30-26-12-31(18)2/h3-7,9,12H,8,10-11H2,1-2H3,(H,28,33). The van der Waals surface area contributed by atoms with Gasteiger partial charge >= 0.3 is 6.18 Å². The number of carbonyl (C=O) groups is 1. The van der Waals surface area contributed by atoms with Crippen LogP contribution in [0.4, 0.5) is 18.9 Å². The molecular formula is C22H20F3N7O2. The Morgan fingerprint density at radius 3 is 2.71 bits per heavy atom. The summed E-state index contributed by atoms with van der Waals surface area (Å²) in [5.41, 5.74) is 0.00207. The summed E-state index contributed by atoms with van der Waals surface area (Å²) in [6.45, 7) is 2.53. The number of aryl methyl sites for hydroxylation is 2. The van der Waals surface area contributed by atoms with Gasteiger partial charge in [-0.2, -0.15) is 18.3 Å². The lowest BCUT2D eigenvalue weighted by Crippen LogP contribution is -2.49. The summed E-state index contributed by atoms with van der Waals surface area (Å²) in [6, 6.07) is 7.89. The third-order valence-corrected chi connectivity index (χ3v) is 5.96. The number of ether oxygens (including phenoxy) is 1. The normalized spacial score (nSPS) is 15.3. The third kappa shape index (κ3) is 3.79. The van der Waals surface area contributed by atoms with Crippen molar-refractivity contribution in [3.63, 3.8) is 0 Å². The minimum Gasteiger partial charge on any atom is -0.379 e. The lowest BCUT2D eigenvalue weighted by atomic mass is 9.75. The molecule has 9 nitrogen and oxygen atoms in total. The van der Waals surface area contributed by atoms with E-state index in [2.05, 4.69) is 25.6 Å². The highest BCUT2D eigenvalue weighted by atomic mass is 19.4. The zero-order chi connectivity index (χ0) is 24.1. The molecule has 0 atom stereocenters. The number of halogens is 3. The van der Waals surface area contributed by atoms with Crippen LogP contribution >= 0.6 is 0 Å². The summed E-state index contributed by atoms with van der Waals surface area (Å²) in [5.74, 6) is 0.0657. The average molecular weight is 471 g/mol. The highest BCUT2D eigenvalue weighted by molar-refractivity contribution is 6.03. The maximum absolute atomic E-state index is 13.4. The second kappa shape index (κ2) is 7.90. The van der Waals surface area contributed by atoms with Gasteiger partial charge in [0.2, 0.25) is 0 Å². The maximum atomic E-state index is 13.4. The van der Waals surface area contributed by atoms with E-state index < -0.39 is 17.8 Å². The van der Waals surface area contributed by atoms with Crippen molar-refractivity contribution in [3.05, 3.63) is 71.2 Å². The van der Waals surface area contributed by atoms with E-state index in [0.29, 0.717) is 37.0 Å². The minimum atomic E-state index is -4.70. The monoisotopic (exact) mass is 471 g/mol. The number of carbonyl (C=O) groups excluding carboxylic acids is 1. The predicted molar refractivity (Wildman–Crippen MR) is 114 cm³/mol. The van der Waals surface area contributed by atoms with Crippen molar-refractivity contribution < 1.29 is 22.7 Å². The van der Waals surface area contributed by atoms with Crippen molar-refractivity contribution in [1.82, 2.24) is 29.4 Å². The number of hydrogen-bond donors (Lipinski definition) is 1. The third-order valence-electron chi connectivity index (χ3n) is 5.96.